The average molecular weight is 297 g/mol. The van der Waals surface area contributed by atoms with Gasteiger partial charge in [-0.15, -0.1) is 11.3 Å². The molecule has 0 radical (unpaired) electrons. The van der Waals surface area contributed by atoms with E-state index < -0.39 is 30.4 Å². The molecule has 4 amide bonds. The summed E-state index contributed by atoms with van der Waals surface area (Å²) < 4.78 is 0. The molecule has 3 N–H and O–H groups in total. The first-order valence-electron chi connectivity index (χ1n) is 5.60. The van der Waals surface area contributed by atoms with Crippen LogP contribution in [0.2, 0.25) is 0 Å². The molecule has 8 nitrogen and oxygen atoms in total. The van der Waals surface area contributed by atoms with E-state index in [4.69, 9.17) is 5.11 Å². The van der Waals surface area contributed by atoms with Crippen LogP contribution in [-0.4, -0.2) is 46.9 Å². The zero-order chi connectivity index (χ0) is 14.9. The lowest BCUT2D eigenvalue weighted by molar-refractivity contribution is -0.128. The zero-order valence-corrected chi connectivity index (χ0v) is 11.2. The number of rotatable bonds is 4. The summed E-state index contributed by atoms with van der Waals surface area (Å²) in [7, 11) is 0. The van der Waals surface area contributed by atoms with Gasteiger partial charge in [-0.3, -0.25) is 14.5 Å². The van der Waals surface area contributed by atoms with E-state index in [-0.39, 0.29) is 11.4 Å². The number of urea groups is 1. The molecule has 0 unspecified atom stereocenters. The predicted octanol–water partition coefficient (Wildman–Crippen LogP) is 0.245. The van der Waals surface area contributed by atoms with E-state index in [2.05, 4.69) is 10.6 Å². The number of nitrogens with one attached hydrogen (secondary N) is 2. The Kier molecular flexibility index (Phi) is 3.70. The van der Waals surface area contributed by atoms with Crippen molar-refractivity contribution >= 4 is 40.2 Å². The molecule has 1 fully saturated rings. The fourth-order valence-corrected chi connectivity index (χ4v) is 2.62. The molecule has 1 aromatic heterocycles. The summed E-state index contributed by atoms with van der Waals surface area (Å²) in [4.78, 5) is 46.1. The molecule has 0 spiro atoms. The molecule has 0 bridgehead atoms. The van der Waals surface area contributed by atoms with Gasteiger partial charge in [-0.1, -0.05) is 0 Å². The highest BCUT2D eigenvalue weighted by atomic mass is 32.1. The van der Waals surface area contributed by atoms with Gasteiger partial charge in [0.25, 0.3) is 5.91 Å². The number of aryl methyl sites for hydroxylation is 1. The number of imide groups is 1. The van der Waals surface area contributed by atoms with Crippen molar-refractivity contribution in [3.8, 4) is 0 Å². The number of aromatic carboxylic acids is 1. The smallest absolute Gasteiger partial charge is 0.346 e. The average Bonchev–Trinajstić information content (AvgIpc) is 2.86. The molecule has 2 heterocycles. The highest BCUT2D eigenvalue weighted by Gasteiger charge is 2.30. The van der Waals surface area contributed by atoms with Crippen molar-refractivity contribution in [1.29, 1.82) is 0 Å². The Morgan fingerprint density at radius 1 is 1.50 bits per heavy atom. The van der Waals surface area contributed by atoms with Gasteiger partial charge in [-0.05, 0) is 18.6 Å². The Bertz CT molecular complexity index is 593. The van der Waals surface area contributed by atoms with Crippen LogP contribution in [0.25, 0.3) is 0 Å². The summed E-state index contributed by atoms with van der Waals surface area (Å²) >= 11 is 0.920. The summed E-state index contributed by atoms with van der Waals surface area (Å²) in [6.45, 7) is 1.10. The Labute approximate surface area is 117 Å². The van der Waals surface area contributed by atoms with Gasteiger partial charge < -0.3 is 15.7 Å². The van der Waals surface area contributed by atoms with E-state index in [0.29, 0.717) is 10.6 Å². The largest absolute Gasteiger partial charge is 0.477 e. The predicted molar refractivity (Wildman–Crippen MR) is 69.8 cm³/mol. The summed E-state index contributed by atoms with van der Waals surface area (Å²) in [6.07, 6.45) is 0. The van der Waals surface area contributed by atoms with E-state index in [0.717, 1.165) is 16.2 Å². The Morgan fingerprint density at radius 2 is 2.20 bits per heavy atom. The minimum Gasteiger partial charge on any atom is -0.477 e. The van der Waals surface area contributed by atoms with Crippen molar-refractivity contribution in [3.05, 3.63) is 16.5 Å². The normalized spacial score (nSPS) is 14.3. The molecule has 1 aromatic rings. The van der Waals surface area contributed by atoms with E-state index in [1.165, 1.54) is 6.07 Å². The van der Waals surface area contributed by atoms with Crippen molar-refractivity contribution in [2.75, 3.05) is 18.4 Å². The van der Waals surface area contributed by atoms with Crippen molar-refractivity contribution in [3.63, 3.8) is 0 Å². The van der Waals surface area contributed by atoms with Crippen LogP contribution in [0.15, 0.2) is 6.07 Å². The van der Waals surface area contributed by atoms with Gasteiger partial charge in [0, 0.05) is 0 Å². The number of amides is 4. The number of anilines is 1. The summed E-state index contributed by atoms with van der Waals surface area (Å²) in [5, 5.41) is 14.0. The van der Waals surface area contributed by atoms with Crippen LogP contribution in [-0.2, 0) is 9.59 Å². The molecule has 106 valence electrons. The van der Waals surface area contributed by atoms with E-state index in [1.54, 1.807) is 6.92 Å². The number of carbonyl (C=O) groups is 4. The second-order valence-corrected chi connectivity index (χ2v) is 5.17. The number of thiophene rings is 1. The Morgan fingerprint density at radius 3 is 2.70 bits per heavy atom. The van der Waals surface area contributed by atoms with Crippen LogP contribution in [0.3, 0.4) is 0 Å². The molecule has 2 rings (SSSR count). The lowest BCUT2D eigenvalue weighted by Gasteiger charge is -2.11. The van der Waals surface area contributed by atoms with Gasteiger partial charge in [0.1, 0.15) is 11.4 Å². The molecule has 1 aliphatic heterocycles. The standard InChI is InChI=1S/C11H11N3O5S/c1-5-2-7(20-9(5)10(17)18)13-6(15)4-14-8(16)3-12-11(14)19/h2H,3-4H2,1H3,(H,12,19)(H,13,15)(H,17,18). The van der Waals surface area contributed by atoms with E-state index >= 15 is 0 Å². The maximum atomic E-state index is 11.7. The van der Waals surface area contributed by atoms with Gasteiger partial charge in [0.05, 0.1) is 11.5 Å². The number of hydrogen-bond donors (Lipinski definition) is 3. The van der Waals surface area contributed by atoms with Crippen LogP contribution in [0.4, 0.5) is 9.80 Å². The molecule has 0 saturated carbocycles. The zero-order valence-electron chi connectivity index (χ0n) is 10.4. The number of hydrogen-bond acceptors (Lipinski definition) is 5. The number of carbonyl (C=O) groups excluding carboxylic acids is 3. The van der Waals surface area contributed by atoms with Crippen LogP contribution in [0.5, 0.6) is 0 Å². The highest BCUT2D eigenvalue weighted by Crippen LogP contribution is 2.26. The molecule has 9 heteroatoms. The number of carboxylic acids is 1. The van der Waals surface area contributed by atoms with Gasteiger partial charge in [0.2, 0.25) is 5.91 Å². The first-order valence-corrected chi connectivity index (χ1v) is 6.42. The van der Waals surface area contributed by atoms with Crippen molar-refractivity contribution in [2.45, 2.75) is 6.92 Å². The summed E-state index contributed by atoms with van der Waals surface area (Å²) in [5.74, 6) is -2.10. The quantitative estimate of drug-likeness (QED) is 0.689. The van der Waals surface area contributed by atoms with Crippen LogP contribution < -0.4 is 10.6 Å². The lowest BCUT2D eigenvalue weighted by Crippen LogP contribution is -2.37. The molecule has 20 heavy (non-hydrogen) atoms. The third kappa shape index (κ3) is 2.77. The topological polar surface area (TPSA) is 116 Å². The highest BCUT2D eigenvalue weighted by molar-refractivity contribution is 7.18. The molecule has 1 saturated heterocycles. The number of nitrogens with zero attached hydrogens (tertiary/aromatic N) is 1. The van der Waals surface area contributed by atoms with Crippen LogP contribution >= 0.6 is 11.3 Å². The first kappa shape index (κ1) is 14.0. The maximum absolute atomic E-state index is 11.7. The van der Waals surface area contributed by atoms with Gasteiger partial charge >= 0.3 is 12.0 Å². The van der Waals surface area contributed by atoms with Crippen LogP contribution in [0.1, 0.15) is 15.2 Å². The van der Waals surface area contributed by atoms with Crippen LogP contribution in [0, 0.1) is 6.92 Å². The molecule has 0 atom stereocenters. The first-order chi connectivity index (χ1) is 9.38. The van der Waals surface area contributed by atoms with Gasteiger partial charge in [-0.25, -0.2) is 9.59 Å². The fraction of sp³-hybridized carbons (Fsp3) is 0.273. The Balaban J connectivity index is 2.01. The van der Waals surface area contributed by atoms with E-state index in [1.807, 2.05) is 0 Å². The Hall–Kier alpha value is -2.42. The summed E-state index contributed by atoms with van der Waals surface area (Å²) in [6, 6.07) is 0.913. The van der Waals surface area contributed by atoms with Crippen molar-refractivity contribution in [1.82, 2.24) is 10.2 Å². The molecule has 0 aromatic carbocycles. The number of carboxylic acid groups (broad SMARTS) is 1. The van der Waals surface area contributed by atoms with Crippen molar-refractivity contribution in [2.24, 2.45) is 0 Å². The second-order valence-electron chi connectivity index (χ2n) is 4.11. The fourth-order valence-electron chi connectivity index (χ4n) is 1.69. The monoisotopic (exact) mass is 297 g/mol. The third-order valence-corrected chi connectivity index (χ3v) is 3.75. The van der Waals surface area contributed by atoms with Gasteiger partial charge in [-0.2, -0.15) is 0 Å². The maximum Gasteiger partial charge on any atom is 0.346 e. The van der Waals surface area contributed by atoms with Crippen molar-refractivity contribution < 1.29 is 24.3 Å². The molecule has 0 aliphatic carbocycles. The minimum absolute atomic E-state index is 0.118. The minimum atomic E-state index is -1.07. The molecular formula is C11H11N3O5S. The lowest BCUT2D eigenvalue weighted by atomic mass is 10.3. The molecule has 1 aliphatic rings. The summed E-state index contributed by atoms with van der Waals surface area (Å²) in [5.41, 5.74) is 0.535. The third-order valence-electron chi connectivity index (χ3n) is 2.61. The van der Waals surface area contributed by atoms with Gasteiger partial charge in [0.15, 0.2) is 0 Å². The SMILES string of the molecule is Cc1cc(NC(=O)CN2C(=O)CNC2=O)sc1C(=O)O. The van der Waals surface area contributed by atoms with E-state index in [9.17, 15) is 19.2 Å². The second kappa shape index (κ2) is 5.29. The molecular weight excluding hydrogens is 286 g/mol.